The quantitative estimate of drug-likeness (QED) is 0.430. The number of hydrogen-bond donors (Lipinski definition) is 2. The fourth-order valence-electron chi connectivity index (χ4n) is 2.91. The van der Waals surface area contributed by atoms with Crippen LogP contribution in [-0.4, -0.2) is 51.5 Å². The molecule has 0 fully saturated rings. The van der Waals surface area contributed by atoms with E-state index >= 15 is 0 Å². The number of benzene rings is 1. The minimum absolute atomic E-state index is 0.0311. The van der Waals surface area contributed by atoms with Crippen molar-refractivity contribution in [3.63, 3.8) is 0 Å². The summed E-state index contributed by atoms with van der Waals surface area (Å²) in [6.07, 6.45) is 6.86. The van der Waals surface area contributed by atoms with Crippen molar-refractivity contribution >= 4 is 33.3 Å². The second kappa shape index (κ2) is 8.88. The number of hydrogen-bond acceptors (Lipinski definition) is 5. The Morgan fingerprint density at radius 3 is 2.64 bits per heavy atom. The molecular formula is C20H26N4O3S. The number of amides is 1. The number of sulfone groups is 1. The van der Waals surface area contributed by atoms with Crippen LogP contribution in [0, 0.1) is 0 Å². The average molecular weight is 403 g/mol. The number of amidine groups is 1. The van der Waals surface area contributed by atoms with Crippen molar-refractivity contribution in [2.24, 2.45) is 10.7 Å². The van der Waals surface area contributed by atoms with E-state index in [1.807, 2.05) is 0 Å². The maximum absolute atomic E-state index is 12.0. The third kappa shape index (κ3) is 5.32. The van der Waals surface area contributed by atoms with Gasteiger partial charge in [0, 0.05) is 44.5 Å². The van der Waals surface area contributed by atoms with E-state index in [4.69, 9.17) is 5.73 Å². The first kappa shape index (κ1) is 21.4. The van der Waals surface area contributed by atoms with E-state index < -0.39 is 9.84 Å². The predicted octanol–water partition coefficient (Wildman–Crippen LogP) is 2.00. The lowest BCUT2D eigenvalue weighted by Gasteiger charge is -2.29. The van der Waals surface area contributed by atoms with Crippen LogP contribution in [0.3, 0.4) is 0 Å². The second-order valence-corrected chi connectivity index (χ2v) is 8.54. The minimum atomic E-state index is -3.42. The largest absolute Gasteiger partial charge is 0.391 e. The fourth-order valence-corrected chi connectivity index (χ4v) is 3.59. The topological polar surface area (TPSA) is 105 Å². The Balaban J connectivity index is 2.52. The summed E-state index contributed by atoms with van der Waals surface area (Å²) in [5, 5.41) is 3.12. The van der Waals surface area contributed by atoms with Gasteiger partial charge in [0.25, 0.3) is 0 Å². The molecule has 0 aliphatic carbocycles. The third-order valence-corrected chi connectivity index (χ3v) is 5.51. The number of nitrogens with one attached hydrogen (secondary N) is 1. The van der Waals surface area contributed by atoms with Crippen molar-refractivity contribution in [3.05, 3.63) is 53.8 Å². The second-order valence-electron chi connectivity index (χ2n) is 6.52. The SMILES string of the molecule is C=C/C=C/c1cc(N=C(N)C2=C(NC)CCN(C(C)=O)C2)cc(S(C)(=O)=O)c1. The van der Waals surface area contributed by atoms with Gasteiger partial charge in [-0.2, -0.15) is 0 Å². The molecule has 1 heterocycles. The van der Waals surface area contributed by atoms with Gasteiger partial charge < -0.3 is 16.0 Å². The van der Waals surface area contributed by atoms with E-state index in [0.29, 0.717) is 30.8 Å². The molecule has 0 spiro atoms. The van der Waals surface area contributed by atoms with E-state index in [-0.39, 0.29) is 16.6 Å². The zero-order chi connectivity index (χ0) is 20.9. The first-order valence-electron chi connectivity index (χ1n) is 8.79. The third-order valence-electron chi connectivity index (χ3n) is 4.42. The average Bonchev–Trinajstić information content (AvgIpc) is 2.64. The Kier molecular flexibility index (Phi) is 6.80. The van der Waals surface area contributed by atoms with Gasteiger partial charge in [-0.1, -0.05) is 24.8 Å². The highest BCUT2D eigenvalue weighted by Gasteiger charge is 2.22. The lowest BCUT2D eigenvalue weighted by molar-refractivity contribution is -0.128. The van der Waals surface area contributed by atoms with Crippen molar-refractivity contribution in [1.29, 1.82) is 0 Å². The molecule has 3 N–H and O–H groups in total. The number of carbonyl (C=O) groups is 1. The molecule has 1 aliphatic heterocycles. The van der Waals surface area contributed by atoms with Crippen LogP contribution in [0.2, 0.25) is 0 Å². The van der Waals surface area contributed by atoms with Crippen LogP contribution in [0.25, 0.3) is 6.08 Å². The highest BCUT2D eigenvalue weighted by atomic mass is 32.2. The Labute approximate surface area is 166 Å². The number of aliphatic imine (C=N–C) groups is 1. The predicted molar refractivity (Wildman–Crippen MR) is 113 cm³/mol. The van der Waals surface area contributed by atoms with Crippen LogP contribution in [0.15, 0.2) is 58.1 Å². The highest BCUT2D eigenvalue weighted by Crippen LogP contribution is 2.24. The van der Waals surface area contributed by atoms with Gasteiger partial charge in [-0.3, -0.25) is 4.79 Å². The van der Waals surface area contributed by atoms with Gasteiger partial charge in [-0.25, -0.2) is 13.4 Å². The molecule has 7 nitrogen and oxygen atoms in total. The van der Waals surface area contributed by atoms with Crippen molar-refractivity contribution in [2.75, 3.05) is 26.4 Å². The summed E-state index contributed by atoms with van der Waals surface area (Å²) in [6, 6.07) is 4.80. The van der Waals surface area contributed by atoms with Crippen molar-refractivity contribution in [1.82, 2.24) is 10.2 Å². The molecule has 1 amide bonds. The maximum Gasteiger partial charge on any atom is 0.219 e. The number of nitrogens with zero attached hydrogens (tertiary/aromatic N) is 2. The van der Waals surface area contributed by atoms with E-state index in [0.717, 1.165) is 17.5 Å². The molecule has 150 valence electrons. The standard InChI is InChI=1S/C20H26N4O3S/c1-5-6-7-15-10-16(12-17(11-15)28(4,26)27)23-20(21)18-13-24(14(2)25)9-8-19(18)22-3/h5-7,10-12,22H,1,8-9,13H2,2-4H3,(H2,21,23)/b7-6+. The summed E-state index contributed by atoms with van der Waals surface area (Å²) in [7, 11) is -1.62. The molecule has 8 heteroatoms. The van der Waals surface area contributed by atoms with Crippen molar-refractivity contribution in [2.45, 2.75) is 18.2 Å². The van der Waals surface area contributed by atoms with Gasteiger partial charge >= 0.3 is 0 Å². The van der Waals surface area contributed by atoms with Crippen LogP contribution >= 0.6 is 0 Å². The van der Waals surface area contributed by atoms with Crippen LogP contribution in [0.5, 0.6) is 0 Å². The Morgan fingerprint density at radius 2 is 2.07 bits per heavy atom. The smallest absolute Gasteiger partial charge is 0.219 e. The van der Waals surface area contributed by atoms with Gasteiger partial charge in [-0.15, -0.1) is 0 Å². The lowest BCUT2D eigenvalue weighted by atomic mass is 10.0. The van der Waals surface area contributed by atoms with Crippen LogP contribution in [0.4, 0.5) is 5.69 Å². The molecule has 1 aromatic carbocycles. The van der Waals surface area contributed by atoms with Crippen LogP contribution < -0.4 is 11.1 Å². The first-order chi connectivity index (χ1) is 13.2. The molecular weight excluding hydrogens is 376 g/mol. The fraction of sp³-hybridized carbons (Fsp3) is 0.300. The molecule has 0 bridgehead atoms. The van der Waals surface area contributed by atoms with Gasteiger partial charge in [0.1, 0.15) is 5.84 Å². The molecule has 2 rings (SSSR count). The molecule has 0 saturated carbocycles. The monoisotopic (exact) mass is 402 g/mol. The zero-order valence-corrected chi connectivity index (χ0v) is 17.2. The summed E-state index contributed by atoms with van der Waals surface area (Å²) in [5.74, 6) is 0.218. The number of nitrogens with two attached hydrogens (primary N) is 1. The molecule has 0 radical (unpaired) electrons. The summed E-state index contributed by atoms with van der Waals surface area (Å²) in [6.45, 7) is 6.11. The molecule has 1 aromatic rings. The van der Waals surface area contributed by atoms with Gasteiger partial charge in [-0.05, 0) is 23.8 Å². The summed E-state index contributed by atoms with van der Waals surface area (Å²) < 4.78 is 24.1. The van der Waals surface area contributed by atoms with E-state index in [1.54, 1.807) is 42.3 Å². The van der Waals surface area contributed by atoms with Crippen LogP contribution in [-0.2, 0) is 14.6 Å². The molecule has 0 unspecified atom stereocenters. The van der Waals surface area contributed by atoms with Gasteiger partial charge in [0.15, 0.2) is 9.84 Å². The minimum Gasteiger partial charge on any atom is -0.391 e. The molecule has 0 aromatic heterocycles. The van der Waals surface area contributed by atoms with Crippen LogP contribution in [0.1, 0.15) is 18.9 Å². The molecule has 1 aliphatic rings. The Bertz CT molecular complexity index is 975. The molecule has 0 saturated heterocycles. The highest BCUT2D eigenvalue weighted by molar-refractivity contribution is 7.90. The van der Waals surface area contributed by atoms with E-state index in [9.17, 15) is 13.2 Å². The molecule has 28 heavy (non-hydrogen) atoms. The first-order valence-corrected chi connectivity index (χ1v) is 10.7. The normalized spacial score (nSPS) is 15.8. The van der Waals surface area contributed by atoms with Crippen molar-refractivity contribution in [3.8, 4) is 0 Å². The number of carbonyl (C=O) groups excluding carboxylic acids is 1. The van der Waals surface area contributed by atoms with Gasteiger partial charge in [0.2, 0.25) is 5.91 Å². The maximum atomic E-state index is 12.0. The van der Waals surface area contributed by atoms with Crippen molar-refractivity contribution < 1.29 is 13.2 Å². The summed E-state index contributed by atoms with van der Waals surface area (Å²) in [5.41, 5.74) is 9.00. The summed E-state index contributed by atoms with van der Waals surface area (Å²) >= 11 is 0. The summed E-state index contributed by atoms with van der Waals surface area (Å²) in [4.78, 5) is 18.0. The van der Waals surface area contributed by atoms with E-state index in [1.165, 1.54) is 13.0 Å². The Hall–Kier alpha value is -2.87. The number of rotatable bonds is 6. The lowest BCUT2D eigenvalue weighted by Crippen LogP contribution is -2.40. The number of allylic oxidation sites excluding steroid dienone is 2. The van der Waals surface area contributed by atoms with Gasteiger partial charge in [0.05, 0.1) is 17.1 Å². The Morgan fingerprint density at radius 1 is 1.36 bits per heavy atom. The zero-order valence-electron chi connectivity index (χ0n) is 16.4. The van der Waals surface area contributed by atoms with E-state index in [2.05, 4.69) is 16.9 Å². The molecule has 0 atom stereocenters.